The highest BCUT2D eigenvalue weighted by atomic mass is 16.6. The topological polar surface area (TPSA) is 110 Å². The molecule has 1 aromatic carbocycles. The number of aliphatic hydroxyl groups excluding tert-OH is 1. The van der Waals surface area contributed by atoms with Gasteiger partial charge in [0.25, 0.3) is 5.69 Å². The van der Waals surface area contributed by atoms with E-state index in [1.165, 1.54) is 18.2 Å². The Morgan fingerprint density at radius 1 is 1.50 bits per heavy atom. The van der Waals surface area contributed by atoms with Gasteiger partial charge in [0.2, 0.25) is 0 Å². The minimum atomic E-state index is -0.896. The van der Waals surface area contributed by atoms with E-state index < -0.39 is 17.1 Å². The predicted octanol–water partition coefficient (Wildman–Crippen LogP) is 1.71. The Kier molecular flexibility index (Phi) is 4.63. The number of aliphatic hydroxyl groups is 1. The number of aromatic hydroxyl groups is 1. The average molecular weight is 254 g/mol. The lowest BCUT2D eigenvalue weighted by molar-refractivity contribution is -0.385. The molecule has 0 amide bonds. The quantitative estimate of drug-likeness (QED) is 0.547. The maximum absolute atomic E-state index is 10.9. The van der Waals surface area contributed by atoms with Crippen molar-refractivity contribution in [2.75, 3.05) is 0 Å². The smallest absolute Gasteiger partial charge is 0.274 e. The van der Waals surface area contributed by atoms with Crippen molar-refractivity contribution in [1.29, 1.82) is 0 Å². The summed E-state index contributed by atoms with van der Waals surface area (Å²) in [5.74, 6) is -0.190. The number of nitro groups is 1. The van der Waals surface area contributed by atoms with Gasteiger partial charge < -0.3 is 15.9 Å². The van der Waals surface area contributed by atoms with Crippen LogP contribution in [0.15, 0.2) is 18.2 Å². The van der Waals surface area contributed by atoms with Gasteiger partial charge in [0.15, 0.2) is 0 Å². The third-order valence-corrected chi connectivity index (χ3v) is 3.16. The summed E-state index contributed by atoms with van der Waals surface area (Å²) < 4.78 is 0. The molecule has 0 aromatic heterocycles. The van der Waals surface area contributed by atoms with E-state index in [-0.39, 0.29) is 22.9 Å². The molecule has 0 saturated carbocycles. The van der Waals surface area contributed by atoms with Crippen LogP contribution in [0.5, 0.6) is 5.75 Å². The molecule has 0 aliphatic rings. The van der Waals surface area contributed by atoms with Gasteiger partial charge in [-0.05, 0) is 18.1 Å². The van der Waals surface area contributed by atoms with Crippen molar-refractivity contribution >= 4 is 5.69 Å². The number of rotatable bonds is 5. The minimum absolute atomic E-state index is 0.0815. The lowest BCUT2D eigenvalue weighted by atomic mass is 9.91. The summed E-state index contributed by atoms with van der Waals surface area (Å²) in [4.78, 5) is 10.3. The largest absolute Gasteiger partial charge is 0.508 e. The lowest BCUT2D eigenvalue weighted by Crippen LogP contribution is -2.32. The summed E-state index contributed by atoms with van der Waals surface area (Å²) in [7, 11) is 0. The van der Waals surface area contributed by atoms with Crippen molar-refractivity contribution in [2.24, 2.45) is 11.7 Å². The van der Waals surface area contributed by atoms with Gasteiger partial charge in [-0.15, -0.1) is 0 Å². The van der Waals surface area contributed by atoms with Crippen molar-refractivity contribution in [1.82, 2.24) is 0 Å². The second-order valence-corrected chi connectivity index (χ2v) is 4.40. The van der Waals surface area contributed by atoms with Gasteiger partial charge in [-0.2, -0.15) is 0 Å². The fraction of sp³-hybridized carbons (Fsp3) is 0.500. The van der Waals surface area contributed by atoms with E-state index >= 15 is 0 Å². The van der Waals surface area contributed by atoms with Crippen LogP contribution >= 0.6 is 0 Å². The zero-order valence-corrected chi connectivity index (χ0v) is 10.4. The van der Waals surface area contributed by atoms with Gasteiger partial charge in [-0.25, -0.2) is 0 Å². The van der Waals surface area contributed by atoms with E-state index in [9.17, 15) is 20.3 Å². The predicted molar refractivity (Wildman–Crippen MR) is 67.2 cm³/mol. The van der Waals surface area contributed by atoms with E-state index in [1.807, 2.05) is 13.8 Å². The number of nitro benzene ring substituents is 1. The molecule has 1 rings (SSSR count). The zero-order chi connectivity index (χ0) is 13.9. The van der Waals surface area contributed by atoms with Crippen molar-refractivity contribution in [2.45, 2.75) is 32.4 Å². The molecule has 4 N–H and O–H groups in total. The molecule has 18 heavy (non-hydrogen) atoms. The first-order valence-electron chi connectivity index (χ1n) is 5.79. The Morgan fingerprint density at radius 2 is 2.11 bits per heavy atom. The molecule has 6 heteroatoms. The van der Waals surface area contributed by atoms with Crippen molar-refractivity contribution in [3.63, 3.8) is 0 Å². The van der Waals surface area contributed by atoms with Crippen LogP contribution in [0.4, 0.5) is 5.69 Å². The standard InChI is InChI=1S/C12H18N2O4/c1-3-7(2)12(16)11(13)9-6-8(15)4-5-10(9)14(17)18/h4-7,11-12,15-16H,3,13H2,1-2H3/t7?,11-,12+/m0/s1. The molecule has 0 saturated heterocycles. The van der Waals surface area contributed by atoms with Crippen LogP contribution in [0.2, 0.25) is 0 Å². The van der Waals surface area contributed by atoms with Crippen LogP contribution in [0, 0.1) is 16.0 Å². The Labute approximate surface area is 105 Å². The van der Waals surface area contributed by atoms with E-state index in [4.69, 9.17) is 5.73 Å². The van der Waals surface area contributed by atoms with E-state index in [1.54, 1.807) is 0 Å². The molecule has 6 nitrogen and oxygen atoms in total. The van der Waals surface area contributed by atoms with Crippen molar-refractivity contribution in [3.05, 3.63) is 33.9 Å². The molecule has 1 aromatic rings. The highest BCUT2D eigenvalue weighted by molar-refractivity contribution is 5.47. The van der Waals surface area contributed by atoms with Gasteiger partial charge in [-0.1, -0.05) is 20.3 Å². The summed E-state index contributed by atoms with van der Waals surface area (Å²) >= 11 is 0. The number of benzene rings is 1. The van der Waals surface area contributed by atoms with Gasteiger partial charge >= 0.3 is 0 Å². The Hall–Kier alpha value is -1.66. The Morgan fingerprint density at radius 3 is 2.61 bits per heavy atom. The first-order chi connectivity index (χ1) is 8.38. The van der Waals surface area contributed by atoms with Gasteiger partial charge in [-0.3, -0.25) is 10.1 Å². The number of hydrogen-bond donors (Lipinski definition) is 3. The second-order valence-electron chi connectivity index (χ2n) is 4.40. The van der Waals surface area contributed by atoms with Crippen molar-refractivity contribution in [3.8, 4) is 5.75 Å². The number of nitrogens with zero attached hydrogens (tertiary/aromatic N) is 1. The molecule has 0 fully saturated rings. The minimum Gasteiger partial charge on any atom is -0.508 e. The number of phenolic OH excluding ortho intramolecular Hbond substituents is 1. The molecule has 0 aliphatic carbocycles. The van der Waals surface area contributed by atoms with Crippen LogP contribution in [0.25, 0.3) is 0 Å². The highest BCUT2D eigenvalue weighted by Gasteiger charge is 2.28. The molecule has 100 valence electrons. The van der Waals surface area contributed by atoms with Crippen LogP contribution in [-0.2, 0) is 0 Å². The fourth-order valence-electron chi connectivity index (χ4n) is 1.75. The Bertz CT molecular complexity index is 436. The molecular formula is C12H18N2O4. The fourth-order valence-corrected chi connectivity index (χ4v) is 1.75. The molecule has 0 spiro atoms. The number of hydrogen-bond acceptors (Lipinski definition) is 5. The second kappa shape index (κ2) is 5.79. The normalized spacial score (nSPS) is 16.0. The van der Waals surface area contributed by atoms with Crippen LogP contribution in [-0.4, -0.2) is 21.2 Å². The Balaban J connectivity index is 3.14. The van der Waals surface area contributed by atoms with Crippen LogP contribution in [0.3, 0.4) is 0 Å². The highest BCUT2D eigenvalue weighted by Crippen LogP contribution is 2.31. The molecule has 0 heterocycles. The van der Waals surface area contributed by atoms with Gasteiger partial charge in [0.1, 0.15) is 5.75 Å². The summed E-state index contributed by atoms with van der Waals surface area (Å²) in [5, 5.41) is 30.3. The van der Waals surface area contributed by atoms with Crippen LogP contribution < -0.4 is 5.73 Å². The molecule has 3 atom stereocenters. The monoisotopic (exact) mass is 254 g/mol. The molecule has 0 radical (unpaired) electrons. The maximum atomic E-state index is 10.9. The maximum Gasteiger partial charge on any atom is 0.274 e. The molecule has 0 aliphatic heterocycles. The van der Waals surface area contributed by atoms with E-state index in [2.05, 4.69) is 0 Å². The SMILES string of the molecule is CCC(C)[C@@H](O)[C@@H](N)c1cc(O)ccc1[N+](=O)[O-]. The summed E-state index contributed by atoms with van der Waals surface area (Å²) in [6, 6.07) is 2.75. The van der Waals surface area contributed by atoms with E-state index in [0.717, 1.165) is 0 Å². The summed E-state index contributed by atoms with van der Waals surface area (Å²) in [6.45, 7) is 3.72. The zero-order valence-electron chi connectivity index (χ0n) is 10.4. The number of phenols is 1. The van der Waals surface area contributed by atoms with Crippen molar-refractivity contribution < 1.29 is 15.1 Å². The summed E-state index contributed by atoms with van der Waals surface area (Å²) in [6.07, 6.45) is -0.183. The summed E-state index contributed by atoms with van der Waals surface area (Å²) in [5.41, 5.74) is 5.81. The molecule has 1 unspecified atom stereocenters. The lowest BCUT2D eigenvalue weighted by Gasteiger charge is -2.24. The third-order valence-electron chi connectivity index (χ3n) is 3.16. The molecular weight excluding hydrogens is 236 g/mol. The first kappa shape index (κ1) is 14.4. The van der Waals surface area contributed by atoms with Gasteiger partial charge in [0, 0.05) is 6.07 Å². The average Bonchev–Trinajstić information content (AvgIpc) is 2.35. The van der Waals surface area contributed by atoms with E-state index in [0.29, 0.717) is 6.42 Å². The third kappa shape index (κ3) is 2.96. The number of nitrogens with two attached hydrogens (primary N) is 1. The van der Waals surface area contributed by atoms with Gasteiger partial charge in [0.05, 0.1) is 22.6 Å². The first-order valence-corrected chi connectivity index (χ1v) is 5.79. The van der Waals surface area contributed by atoms with Crippen LogP contribution in [0.1, 0.15) is 31.9 Å². The molecule has 0 bridgehead atoms.